The number of hydrogen-bond acceptors (Lipinski definition) is 3. The second-order valence-electron chi connectivity index (χ2n) is 4.60. The van der Waals surface area contributed by atoms with Crippen molar-refractivity contribution in [3.63, 3.8) is 0 Å². The minimum Gasteiger partial charge on any atom is -0.480 e. The van der Waals surface area contributed by atoms with Crippen LogP contribution in [0.1, 0.15) is 18.1 Å². The van der Waals surface area contributed by atoms with Crippen LogP contribution in [0.5, 0.6) is 0 Å². The van der Waals surface area contributed by atoms with E-state index in [1.807, 2.05) is 6.07 Å². The lowest BCUT2D eigenvalue weighted by Gasteiger charge is -2.25. The first-order valence-corrected chi connectivity index (χ1v) is 6.00. The van der Waals surface area contributed by atoms with E-state index in [0.29, 0.717) is 11.1 Å². The first-order valence-electron chi connectivity index (χ1n) is 6.00. The van der Waals surface area contributed by atoms with Gasteiger partial charge in [0.05, 0.1) is 4.92 Å². The van der Waals surface area contributed by atoms with Gasteiger partial charge in [0, 0.05) is 12.1 Å². The van der Waals surface area contributed by atoms with E-state index in [-0.39, 0.29) is 5.69 Å². The van der Waals surface area contributed by atoms with Crippen molar-refractivity contribution in [2.75, 3.05) is 0 Å². The Morgan fingerprint density at radius 1 is 1.05 bits per heavy atom. The van der Waals surface area contributed by atoms with Crippen molar-refractivity contribution in [2.45, 2.75) is 12.3 Å². The number of aliphatic carboxylic acids is 1. The van der Waals surface area contributed by atoms with E-state index in [4.69, 9.17) is 0 Å². The summed E-state index contributed by atoms with van der Waals surface area (Å²) in [4.78, 5) is 21.9. The Hall–Kier alpha value is -2.69. The van der Waals surface area contributed by atoms with Crippen molar-refractivity contribution in [3.05, 3.63) is 75.8 Å². The van der Waals surface area contributed by atoms with Crippen molar-refractivity contribution in [3.8, 4) is 0 Å². The standard InChI is InChI=1S/C15H13NO4/c1-15(14(17)18,11-5-3-2-4-6-11)12-7-9-13(10-8-12)16(19)20/h2-10H,1H3,(H,17,18)/t15-/m0/s1. The fraction of sp³-hybridized carbons (Fsp3) is 0.133. The maximum absolute atomic E-state index is 11.7. The summed E-state index contributed by atoms with van der Waals surface area (Å²) < 4.78 is 0. The molecule has 0 aliphatic rings. The molecule has 0 aliphatic heterocycles. The van der Waals surface area contributed by atoms with E-state index < -0.39 is 16.3 Å². The van der Waals surface area contributed by atoms with E-state index in [1.54, 1.807) is 31.2 Å². The van der Waals surface area contributed by atoms with Crippen LogP contribution in [0.25, 0.3) is 0 Å². The Kier molecular flexibility index (Phi) is 3.52. The zero-order valence-electron chi connectivity index (χ0n) is 10.8. The largest absolute Gasteiger partial charge is 0.480 e. The van der Waals surface area contributed by atoms with Crippen LogP contribution in [0, 0.1) is 10.1 Å². The molecule has 2 rings (SSSR count). The molecule has 5 nitrogen and oxygen atoms in total. The van der Waals surface area contributed by atoms with Crippen molar-refractivity contribution in [2.24, 2.45) is 0 Å². The molecule has 1 atom stereocenters. The Labute approximate surface area is 115 Å². The summed E-state index contributed by atoms with van der Waals surface area (Å²) in [5.74, 6) is -1.00. The third-order valence-corrected chi connectivity index (χ3v) is 3.43. The SMILES string of the molecule is C[C@](C(=O)O)(c1ccccc1)c1ccc([N+](=O)[O-])cc1. The quantitative estimate of drug-likeness (QED) is 0.684. The van der Waals surface area contributed by atoms with Crippen LogP contribution in [0.4, 0.5) is 5.69 Å². The number of carboxylic acids is 1. The van der Waals surface area contributed by atoms with Crippen LogP contribution in [0.15, 0.2) is 54.6 Å². The van der Waals surface area contributed by atoms with Crippen molar-refractivity contribution >= 4 is 11.7 Å². The van der Waals surface area contributed by atoms with Crippen LogP contribution < -0.4 is 0 Å². The number of nitrogens with zero attached hydrogens (tertiary/aromatic N) is 1. The molecule has 20 heavy (non-hydrogen) atoms. The van der Waals surface area contributed by atoms with Gasteiger partial charge in [-0.3, -0.25) is 14.9 Å². The molecule has 1 N–H and O–H groups in total. The first-order chi connectivity index (χ1) is 9.46. The summed E-state index contributed by atoms with van der Waals surface area (Å²) in [6.07, 6.45) is 0. The third kappa shape index (κ3) is 2.25. The average molecular weight is 271 g/mol. The predicted molar refractivity (Wildman–Crippen MR) is 73.6 cm³/mol. The summed E-state index contributed by atoms with van der Waals surface area (Å²) in [5.41, 5.74) is -0.172. The molecule has 0 bridgehead atoms. The minimum absolute atomic E-state index is 0.0606. The molecule has 0 radical (unpaired) electrons. The third-order valence-electron chi connectivity index (χ3n) is 3.43. The fourth-order valence-electron chi connectivity index (χ4n) is 2.10. The summed E-state index contributed by atoms with van der Waals surface area (Å²) >= 11 is 0. The van der Waals surface area contributed by atoms with Crippen molar-refractivity contribution < 1.29 is 14.8 Å². The molecule has 5 heteroatoms. The van der Waals surface area contributed by atoms with Crippen LogP contribution in [0.2, 0.25) is 0 Å². The summed E-state index contributed by atoms with van der Waals surface area (Å²) in [6, 6.07) is 14.4. The average Bonchev–Trinajstić information content (AvgIpc) is 2.47. The molecular formula is C15H13NO4. The number of rotatable bonds is 4. The van der Waals surface area contributed by atoms with Gasteiger partial charge in [-0.05, 0) is 18.1 Å². The normalized spacial score (nSPS) is 13.4. The fourth-order valence-corrected chi connectivity index (χ4v) is 2.10. The molecule has 0 aliphatic carbocycles. The Balaban J connectivity index is 2.54. The van der Waals surface area contributed by atoms with Gasteiger partial charge >= 0.3 is 5.97 Å². The monoisotopic (exact) mass is 271 g/mol. The summed E-state index contributed by atoms with van der Waals surface area (Å²) in [7, 11) is 0. The molecule has 0 saturated heterocycles. The lowest BCUT2D eigenvalue weighted by atomic mass is 9.76. The van der Waals surface area contributed by atoms with Gasteiger partial charge in [0.15, 0.2) is 0 Å². The smallest absolute Gasteiger partial charge is 0.318 e. The van der Waals surface area contributed by atoms with Gasteiger partial charge in [-0.15, -0.1) is 0 Å². The van der Waals surface area contributed by atoms with Gasteiger partial charge in [-0.2, -0.15) is 0 Å². The predicted octanol–water partition coefficient (Wildman–Crippen LogP) is 2.99. The molecule has 0 heterocycles. The molecule has 2 aromatic rings. The Bertz CT molecular complexity index is 637. The molecule has 0 spiro atoms. The van der Waals surface area contributed by atoms with Gasteiger partial charge in [0.1, 0.15) is 5.41 Å². The number of carboxylic acid groups (broad SMARTS) is 1. The highest BCUT2D eigenvalue weighted by atomic mass is 16.6. The highest BCUT2D eigenvalue weighted by molar-refractivity contribution is 5.85. The van der Waals surface area contributed by atoms with E-state index >= 15 is 0 Å². The van der Waals surface area contributed by atoms with Crippen LogP contribution in [-0.2, 0) is 10.2 Å². The van der Waals surface area contributed by atoms with Crippen LogP contribution >= 0.6 is 0 Å². The lowest BCUT2D eigenvalue weighted by molar-refractivity contribution is -0.384. The number of non-ortho nitro benzene ring substituents is 1. The second-order valence-corrected chi connectivity index (χ2v) is 4.60. The maximum atomic E-state index is 11.7. The first kappa shape index (κ1) is 13.7. The van der Waals surface area contributed by atoms with E-state index in [2.05, 4.69) is 0 Å². The molecule has 0 unspecified atom stereocenters. The molecule has 0 aromatic heterocycles. The van der Waals surface area contributed by atoms with Crippen molar-refractivity contribution in [1.82, 2.24) is 0 Å². The van der Waals surface area contributed by atoms with Gasteiger partial charge in [0.2, 0.25) is 0 Å². The van der Waals surface area contributed by atoms with E-state index in [9.17, 15) is 20.0 Å². The van der Waals surface area contributed by atoms with Crippen LogP contribution in [-0.4, -0.2) is 16.0 Å². The number of carbonyl (C=O) groups is 1. The van der Waals surface area contributed by atoms with Crippen molar-refractivity contribution in [1.29, 1.82) is 0 Å². The van der Waals surface area contributed by atoms with Gasteiger partial charge in [-0.25, -0.2) is 0 Å². The van der Waals surface area contributed by atoms with Gasteiger partial charge < -0.3 is 5.11 Å². The zero-order valence-corrected chi connectivity index (χ0v) is 10.8. The van der Waals surface area contributed by atoms with Gasteiger partial charge in [0.25, 0.3) is 5.69 Å². The highest BCUT2D eigenvalue weighted by Crippen LogP contribution is 2.33. The maximum Gasteiger partial charge on any atom is 0.318 e. The Morgan fingerprint density at radius 3 is 2.00 bits per heavy atom. The molecular weight excluding hydrogens is 258 g/mol. The molecule has 0 saturated carbocycles. The molecule has 0 fully saturated rings. The minimum atomic E-state index is -1.24. The number of hydrogen-bond donors (Lipinski definition) is 1. The lowest BCUT2D eigenvalue weighted by Crippen LogP contribution is -2.33. The zero-order chi connectivity index (χ0) is 14.8. The van der Waals surface area contributed by atoms with E-state index in [0.717, 1.165) is 0 Å². The summed E-state index contributed by atoms with van der Waals surface area (Å²) in [6.45, 7) is 1.59. The Morgan fingerprint density at radius 2 is 1.55 bits per heavy atom. The molecule has 2 aromatic carbocycles. The van der Waals surface area contributed by atoms with E-state index in [1.165, 1.54) is 24.3 Å². The summed E-state index contributed by atoms with van der Waals surface area (Å²) in [5, 5.41) is 20.2. The number of benzene rings is 2. The molecule has 102 valence electrons. The molecule has 0 amide bonds. The van der Waals surface area contributed by atoms with Crippen LogP contribution in [0.3, 0.4) is 0 Å². The highest BCUT2D eigenvalue weighted by Gasteiger charge is 2.37. The van der Waals surface area contributed by atoms with Gasteiger partial charge in [-0.1, -0.05) is 42.5 Å². The second kappa shape index (κ2) is 5.13. The topological polar surface area (TPSA) is 80.4 Å². The number of nitro benzene ring substituents is 1. The number of nitro groups is 1.